The van der Waals surface area contributed by atoms with Crippen LogP contribution >= 0.6 is 22.9 Å². The molecule has 0 aliphatic rings. The Bertz CT molecular complexity index is 545. The van der Waals surface area contributed by atoms with Crippen LogP contribution < -0.4 is 5.32 Å². The van der Waals surface area contributed by atoms with E-state index in [9.17, 15) is 4.79 Å². The van der Waals surface area contributed by atoms with Gasteiger partial charge in [0.05, 0.1) is 12.2 Å². The molecule has 2 aromatic heterocycles. The zero-order chi connectivity index (χ0) is 13.7. The molecule has 0 radical (unpaired) electrons. The van der Waals surface area contributed by atoms with Crippen molar-refractivity contribution in [2.75, 3.05) is 18.9 Å². The first-order valence-electron chi connectivity index (χ1n) is 5.76. The number of carbonyl (C=O) groups excluding carboxylic acids is 1. The van der Waals surface area contributed by atoms with Gasteiger partial charge in [-0.1, -0.05) is 17.7 Å². The van der Waals surface area contributed by atoms with Crippen LogP contribution in [0.5, 0.6) is 0 Å². The van der Waals surface area contributed by atoms with Crippen LogP contribution in [0, 0.1) is 0 Å². The summed E-state index contributed by atoms with van der Waals surface area (Å²) in [6.07, 6.45) is 1.58. The minimum atomic E-state index is -0.103. The molecular weight excluding hydrogens is 282 g/mol. The van der Waals surface area contributed by atoms with E-state index < -0.39 is 0 Å². The van der Waals surface area contributed by atoms with Crippen LogP contribution in [0.15, 0.2) is 35.8 Å². The number of hydrogen-bond donors (Lipinski definition) is 1. The summed E-state index contributed by atoms with van der Waals surface area (Å²) < 4.78 is 0. The fourth-order valence-electron chi connectivity index (χ4n) is 1.64. The summed E-state index contributed by atoms with van der Waals surface area (Å²) in [5.41, 5.74) is 0.540. The lowest BCUT2D eigenvalue weighted by Gasteiger charge is -2.15. The average molecular weight is 296 g/mol. The minimum absolute atomic E-state index is 0.103. The van der Waals surface area contributed by atoms with E-state index in [2.05, 4.69) is 16.4 Å². The van der Waals surface area contributed by atoms with Gasteiger partial charge in [0.2, 0.25) is 5.91 Å². The highest BCUT2D eigenvalue weighted by Crippen LogP contribution is 2.17. The number of nitrogens with one attached hydrogen (secondary N) is 1. The number of thiophene rings is 1. The Balaban J connectivity index is 1.86. The van der Waals surface area contributed by atoms with Gasteiger partial charge in [0.15, 0.2) is 5.15 Å². The molecule has 0 aromatic carbocycles. The SMILES string of the molecule is CN(CC(=O)Nc1cccnc1Cl)Cc1cccs1. The summed E-state index contributed by atoms with van der Waals surface area (Å²) in [4.78, 5) is 19.0. The molecule has 19 heavy (non-hydrogen) atoms. The Hall–Kier alpha value is -1.43. The molecule has 0 spiro atoms. The largest absolute Gasteiger partial charge is 0.322 e. The number of pyridine rings is 1. The third-order valence-corrected chi connectivity index (χ3v) is 3.61. The fourth-order valence-corrected chi connectivity index (χ4v) is 2.59. The van der Waals surface area contributed by atoms with Crippen molar-refractivity contribution < 1.29 is 4.79 Å². The third-order valence-electron chi connectivity index (χ3n) is 2.45. The van der Waals surface area contributed by atoms with Crippen LogP contribution in [-0.2, 0) is 11.3 Å². The zero-order valence-electron chi connectivity index (χ0n) is 10.5. The number of anilines is 1. The van der Waals surface area contributed by atoms with Crippen molar-refractivity contribution in [2.45, 2.75) is 6.54 Å². The highest BCUT2D eigenvalue weighted by Gasteiger charge is 2.09. The standard InChI is InChI=1S/C13H14ClN3OS/c1-17(8-10-4-3-7-19-10)9-12(18)16-11-5-2-6-15-13(11)14/h2-7H,8-9H2,1H3,(H,16,18). The Labute approximate surface area is 121 Å². The van der Waals surface area contributed by atoms with Gasteiger partial charge in [0.25, 0.3) is 0 Å². The second-order valence-corrected chi connectivity index (χ2v) is 5.53. The Morgan fingerprint density at radius 1 is 1.47 bits per heavy atom. The van der Waals surface area contributed by atoms with E-state index in [4.69, 9.17) is 11.6 Å². The monoisotopic (exact) mass is 295 g/mol. The highest BCUT2D eigenvalue weighted by molar-refractivity contribution is 7.09. The average Bonchev–Trinajstić information content (AvgIpc) is 2.84. The van der Waals surface area contributed by atoms with E-state index in [0.717, 1.165) is 6.54 Å². The third kappa shape index (κ3) is 4.31. The summed E-state index contributed by atoms with van der Waals surface area (Å²) in [6.45, 7) is 1.06. The predicted molar refractivity (Wildman–Crippen MR) is 78.5 cm³/mol. The molecular formula is C13H14ClN3OS. The molecule has 0 saturated carbocycles. The lowest BCUT2D eigenvalue weighted by atomic mass is 10.4. The molecule has 4 nitrogen and oxygen atoms in total. The van der Waals surface area contributed by atoms with E-state index in [0.29, 0.717) is 17.4 Å². The van der Waals surface area contributed by atoms with Crippen molar-refractivity contribution in [3.8, 4) is 0 Å². The van der Waals surface area contributed by atoms with Crippen molar-refractivity contribution in [1.29, 1.82) is 0 Å². The number of carbonyl (C=O) groups is 1. The molecule has 0 saturated heterocycles. The summed E-state index contributed by atoms with van der Waals surface area (Å²) in [5, 5.41) is 5.08. The maximum absolute atomic E-state index is 11.9. The van der Waals surface area contributed by atoms with Gasteiger partial charge in [-0.15, -0.1) is 11.3 Å². The van der Waals surface area contributed by atoms with Crippen LogP contribution in [0.3, 0.4) is 0 Å². The van der Waals surface area contributed by atoms with Gasteiger partial charge >= 0.3 is 0 Å². The number of likely N-dealkylation sites (N-methyl/N-ethyl adjacent to an activating group) is 1. The lowest BCUT2D eigenvalue weighted by Crippen LogP contribution is -2.29. The molecule has 2 rings (SSSR count). The molecule has 100 valence electrons. The van der Waals surface area contributed by atoms with Crippen LogP contribution in [0.4, 0.5) is 5.69 Å². The zero-order valence-corrected chi connectivity index (χ0v) is 12.0. The summed E-state index contributed by atoms with van der Waals surface area (Å²) in [7, 11) is 1.91. The molecule has 2 aromatic rings. The maximum atomic E-state index is 11.9. The molecule has 0 aliphatic carbocycles. The molecule has 0 unspecified atom stereocenters. The topological polar surface area (TPSA) is 45.2 Å². The number of hydrogen-bond acceptors (Lipinski definition) is 4. The Morgan fingerprint density at radius 2 is 2.32 bits per heavy atom. The smallest absolute Gasteiger partial charge is 0.238 e. The second-order valence-electron chi connectivity index (χ2n) is 4.14. The molecule has 1 amide bonds. The Morgan fingerprint density at radius 3 is 3.00 bits per heavy atom. The molecule has 0 fully saturated rings. The quantitative estimate of drug-likeness (QED) is 0.863. The van der Waals surface area contributed by atoms with Crippen molar-refractivity contribution >= 4 is 34.5 Å². The van der Waals surface area contributed by atoms with E-state index in [1.165, 1.54) is 4.88 Å². The van der Waals surface area contributed by atoms with Gasteiger partial charge < -0.3 is 5.32 Å². The summed E-state index contributed by atoms with van der Waals surface area (Å²) >= 11 is 7.56. The first-order valence-corrected chi connectivity index (χ1v) is 7.02. The molecule has 1 N–H and O–H groups in total. The normalized spacial score (nSPS) is 10.7. The highest BCUT2D eigenvalue weighted by atomic mass is 35.5. The van der Waals surface area contributed by atoms with Crippen molar-refractivity contribution in [2.24, 2.45) is 0 Å². The van der Waals surface area contributed by atoms with Crippen molar-refractivity contribution in [3.63, 3.8) is 0 Å². The molecule has 2 heterocycles. The predicted octanol–water partition coefficient (Wildman–Crippen LogP) is 2.87. The van der Waals surface area contributed by atoms with E-state index in [1.54, 1.807) is 29.7 Å². The molecule has 6 heteroatoms. The number of rotatable bonds is 5. The van der Waals surface area contributed by atoms with Crippen molar-refractivity contribution in [1.82, 2.24) is 9.88 Å². The summed E-state index contributed by atoms with van der Waals surface area (Å²) in [5.74, 6) is -0.103. The molecule has 0 bridgehead atoms. The first kappa shape index (κ1) is 14.0. The van der Waals surface area contributed by atoms with Gasteiger partial charge in [-0.25, -0.2) is 4.98 Å². The minimum Gasteiger partial charge on any atom is -0.322 e. The van der Waals surface area contributed by atoms with Crippen LogP contribution in [-0.4, -0.2) is 29.4 Å². The van der Waals surface area contributed by atoms with Gasteiger partial charge in [0.1, 0.15) is 0 Å². The van der Waals surface area contributed by atoms with Crippen LogP contribution in [0.25, 0.3) is 0 Å². The number of aromatic nitrogens is 1. The van der Waals surface area contributed by atoms with E-state index >= 15 is 0 Å². The maximum Gasteiger partial charge on any atom is 0.238 e. The van der Waals surface area contributed by atoms with Crippen molar-refractivity contribution in [3.05, 3.63) is 45.9 Å². The number of amides is 1. The second kappa shape index (κ2) is 6.65. The van der Waals surface area contributed by atoms with E-state index in [1.807, 2.05) is 23.4 Å². The van der Waals surface area contributed by atoms with Gasteiger partial charge in [-0.3, -0.25) is 9.69 Å². The van der Waals surface area contributed by atoms with Crippen LogP contribution in [0.1, 0.15) is 4.88 Å². The number of nitrogens with zero attached hydrogens (tertiary/aromatic N) is 2. The first-order chi connectivity index (χ1) is 9.15. The van der Waals surface area contributed by atoms with Gasteiger partial charge in [0, 0.05) is 17.6 Å². The summed E-state index contributed by atoms with van der Waals surface area (Å²) in [6, 6.07) is 7.52. The number of halogens is 1. The van der Waals surface area contributed by atoms with Gasteiger partial charge in [-0.05, 0) is 30.6 Å². The lowest BCUT2D eigenvalue weighted by molar-refractivity contribution is -0.117. The fraction of sp³-hybridized carbons (Fsp3) is 0.231. The van der Waals surface area contributed by atoms with Crippen LogP contribution in [0.2, 0.25) is 5.15 Å². The Kier molecular flexibility index (Phi) is 4.90. The molecule has 0 aliphatic heterocycles. The van der Waals surface area contributed by atoms with E-state index in [-0.39, 0.29) is 5.91 Å². The molecule has 0 atom stereocenters. The van der Waals surface area contributed by atoms with Gasteiger partial charge in [-0.2, -0.15) is 0 Å².